The molecule has 0 bridgehead atoms. The van der Waals surface area contributed by atoms with Gasteiger partial charge in [-0.25, -0.2) is 24.5 Å². The lowest BCUT2D eigenvalue weighted by Gasteiger charge is -2.30. The third-order valence-corrected chi connectivity index (χ3v) is 12.3. The first-order valence-corrected chi connectivity index (χ1v) is 20.9. The fourth-order valence-corrected chi connectivity index (χ4v) is 9.11. The molecular formula is C44H47N9O6S. The van der Waals surface area contributed by atoms with Crippen molar-refractivity contribution in [2.75, 3.05) is 27.3 Å². The van der Waals surface area contributed by atoms with Crippen LogP contribution >= 0.6 is 11.3 Å². The predicted octanol–water partition coefficient (Wildman–Crippen LogP) is 7.55. The third-order valence-electron chi connectivity index (χ3n) is 11.3. The molecule has 2 aliphatic heterocycles. The summed E-state index contributed by atoms with van der Waals surface area (Å²) in [4.78, 5) is 76.6. The fourth-order valence-electron chi connectivity index (χ4n) is 8.10. The Morgan fingerprint density at radius 3 is 1.92 bits per heavy atom. The Hall–Kier alpha value is -6.55. The van der Waals surface area contributed by atoms with Crippen molar-refractivity contribution in [2.24, 2.45) is 5.92 Å². The van der Waals surface area contributed by atoms with Gasteiger partial charge in [0.15, 0.2) is 0 Å². The molecule has 4 atom stereocenters. The van der Waals surface area contributed by atoms with Crippen LogP contribution in [-0.4, -0.2) is 92.1 Å². The average Bonchev–Trinajstić information content (AvgIpc) is 4.13. The van der Waals surface area contributed by atoms with E-state index in [0.29, 0.717) is 30.3 Å². The number of hydrogen-bond acceptors (Lipinski definition) is 10. The monoisotopic (exact) mass is 829 g/mol. The van der Waals surface area contributed by atoms with E-state index in [1.54, 1.807) is 33.5 Å². The Morgan fingerprint density at radius 1 is 0.733 bits per heavy atom. The van der Waals surface area contributed by atoms with Crippen LogP contribution in [0.3, 0.4) is 0 Å². The molecule has 15 nitrogen and oxygen atoms in total. The summed E-state index contributed by atoms with van der Waals surface area (Å²) < 4.78 is 10.6. The number of benzene rings is 3. The SMILES string of the molecule is COC(=O)N[C@H](C(=O)N1CCC[C@H]1c1ncc(-c2ccc(-c3nc4ccc(-c5cnc([C@@H]6CCCN6C(=O)[C@H](NC(=O)OC)c6ccccc6)[nH]5)cc4s3)cc2)[nH]1)C(C)C. The van der Waals surface area contributed by atoms with Crippen LogP contribution in [0.5, 0.6) is 0 Å². The lowest BCUT2D eigenvalue weighted by molar-refractivity contribution is -0.135. The number of aromatic nitrogens is 5. The van der Waals surface area contributed by atoms with E-state index in [1.807, 2.05) is 80.6 Å². The van der Waals surface area contributed by atoms with E-state index in [9.17, 15) is 19.2 Å². The van der Waals surface area contributed by atoms with Crippen molar-refractivity contribution in [3.8, 4) is 33.1 Å². The Morgan fingerprint density at radius 2 is 1.30 bits per heavy atom. The molecule has 2 fully saturated rings. The van der Waals surface area contributed by atoms with Crippen LogP contribution < -0.4 is 10.6 Å². The maximum atomic E-state index is 13.9. The number of imidazole rings is 2. The van der Waals surface area contributed by atoms with Crippen molar-refractivity contribution in [3.63, 3.8) is 0 Å². The molecule has 6 aromatic rings. The number of fused-ring (bicyclic) bond motifs is 1. The first-order valence-electron chi connectivity index (χ1n) is 20.1. The molecule has 4 N–H and O–H groups in total. The van der Waals surface area contributed by atoms with Crippen molar-refractivity contribution in [1.29, 1.82) is 0 Å². The normalized spacial score (nSPS) is 17.5. The molecule has 310 valence electrons. The Labute approximate surface area is 350 Å². The minimum absolute atomic E-state index is 0.112. The zero-order chi connectivity index (χ0) is 41.9. The molecule has 3 aromatic heterocycles. The van der Waals surface area contributed by atoms with E-state index < -0.39 is 24.3 Å². The van der Waals surface area contributed by atoms with Gasteiger partial charge in [-0.2, -0.15) is 0 Å². The Bertz CT molecular complexity index is 2500. The first-order chi connectivity index (χ1) is 29.1. The highest BCUT2D eigenvalue weighted by molar-refractivity contribution is 7.21. The number of nitrogens with zero attached hydrogens (tertiary/aromatic N) is 5. The van der Waals surface area contributed by atoms with Gasteiger partial charge >= 0.3 is 12.2 Å². The number of likely N-dealkylation sites (tertiary alicyclic amines) is 2. The lowest BCUT2D eigenvalue weighted by Crippen LogP contribution is -2.51. The van der Waals surface area contributed by atoms with Gasteiger partial charge in [-0.1, -0.05) is 74.5 Å². The average molecular weight is 830 g/mol. The second kappa shape index (κ2) is 17.4. The summed E-state index contributed by atoms with van der Waals surface area (Å²) in [6, 6.07) is 21.4. The number of hydrogen-bond donors (Lipinski definition) is 4. The highest BCUT2D eigenvalue weighted by Crippen LogP contribution is 2.37. The zero-order valence-corrected chi connectivity index (χ0v) is 34.6. The van der Waals surface area contributed by atoms with Gasteiger partial charge in [0, 0.05) is 24.2 Å². The number of methoxy groups -OCH3 is 2. The largest absolute Gasteiger partial charge is 0.453 e. The number of aromatic amines is 2. The van der Waals surface area contributed by atoms with Crippen LogP contribution in [0.4, 0.5) is 9.59 Å². The van der Waals surface area contributed by atoms with Crippen LogP contribution in [0.25, 0.3) is 43.3 Å². The summed E-state index contributed by atoms with van der Waals surface area (Å²) in [5, 5.41) is 6.30. The number of nitrogens with one attached hydrogen (secondary N) is 4. The molecule has 16 heteroatoms. The van der Waals surface area contributed by atoms with E-state index in [2.05, 4.69) is 31.7 Å². The molecule has 0 saturated carbocycles. The number of alkyl carbamates (subject to hydrolysis) is 2. The van der Waals surface area contributed by atoms with Crippen LogP contribution in [-0.2, 0) is 19.1 Å². The van der Waals surface area contributed by atoms with Gasteiger partial charge < -0.3 is 39.9 Å². The van der Waals surface area contributed by atoms with E-state index >= 15 is 0 Å². The number of H-pyrrole nitrogens is 2. The van der Waals surface area contributed by atoms with Gasteiger partial charge in [0.2, 0.25) is 5.91 Å². The minimum atomic E-state index is -0.888. The zero-order valence-electron chi connectivity index (χ0n) is 33.8. The summed E-state index contributed by atoms with van der Waals surface area (Å²) in [7, 11) is 2.57. The standard InChI is InChI=1S/C44H47N9O6S/c1-25(2)36(50-43(56)58-3)41(54)52-20-8-12-33(52)38-45-23-31(47-38)26-14-16-28(17-15-26)40-49-30-19-18-29(22-35(30)60-40)32-24-46-39(48-32)34-13-9-21-53(34)42(55)37(51-44(57)59-4)27-10-6-5-7-11-27/h5-7,10-11,14-19,22-25,33-34,36-37H,8-9,12-13,20-21H2,1-4H3,(H,45,47)(H,46,48)(H,50,56)(H,51,57)/t33-,34-,36-,37+/m0/s1. The van der Waals surface area contributed by atoms with Crippen LogP contribution in [0, 0.1) is 5.92 Å². The highest BCUT2D eigenvalue weighted by Gasteiger charge is 2.39. The second-order valence-electron chi connectivity index (χ2n) is 15.4. The number of amides is 4. The number of carbonyl (C=O) groups is 4. The van der Waals surface area contributed by atoms with E-state index in [4.69, 9.17) is 19.4 Å². The molecule has 0 unspecified atom stereocenters. The molecule has 5 heterocycles. The molecule has 8 rings (SSSR count). The third kappa shape index (κ3) is 8.19. The summed E-state index contributed by atoms with van der Waals surface area (Å²) >= 11 is 1.60. The van der Waals surface area contributed by atoms with Gasteiger partial charge in [-0.15, -0.1) is 11.3 Å². The van der Waals surface area contributed by atoms with Gasteiger partial charge in [0.25, 0.3) is 5.91 Å². The number of thiazole rings is 1. The second-order valence-corrected chi connectivity index (χ2v) is 16.4. The van der Waals surface area contributed by atoms with Gasteiger partial charge in [0.05, 0.1) is 60.3 Å². The maximum absolute atomic E-state index is 13.9. The lowest BCUT2D eigenvalue weighted by atomic mass is 10.0. The van der Waals surface area contributed by atoms with Crippen molar-refractivity contribution >= 4 is 45.6 Å². The van der Waals surface area contributed by atoms with Crippen molar-refractivity contribution in [1.82, 2.24) is 45.4 Å². The Balaban J connectivity index is 0.953. The maximum Gasteiger partial charge on any atom is 0.407 e. The quantitative estimate of drug-likeness (QED) is 0.102. The van der Waals surface area contributed by atoms with Gasteiger partial charge in [-0.3, -0.25) is 9.59 Å². The van der Waals surface area contributed by atoms with Crippen LogP contribution in [0.15, 0.2) is 85.2 Å². The molecule has 2 aliphatic rings. The molecule has 4 amide bonds. The Kier molecular flexibility index (Phi) is 11.6. The molecule has 0 spiro atoms. The van der Waals surface area contributed by atoms with E-state index in [-0.39, 0.29) is 29.8 Å². The van der Waals surface area contributed by atoms with Gasteiger partial charge in [0.1, 0.15) is 28.7 Å². The first kappa shape index (κ1) is 40.2. The summed E-state index contributed by atoms with van der Waals surface area (Å²) in [6.45, 7) is 4.93. The molecular weight excluding hydrogens is 783 g/mol. The number of rotatable bonds is 11. The van der Waals surface area contributed by atoms with Crippen LogP contribution in [0.1, 0.15) is 74.9 Å². The summed E-state index contributed by atoms with van der Waals surface area (Å²) in [6.07, 6.45) is 5.46. The van der Waals surface area contributed by atoms with Gasteiger partial charge in [-0.05, 0) is 54.9 Å². The van der Waals surface area contributed by atoms with E-state index in [1.165, 1.54) is 14.2 Å². The minimum Gasteiger partial charge on any atom is -0.453 e. The number of ether oxygens (including phenoxy) is 2. The fraction of sp³-hybridized carbons (Fsp3) is 0.341. The van der Waals surface area contributed by atoms with Crippen molar-refractivity contribution in [2.45, 2.75) is 63.7 Å². The molecule has 0 radical (unpaired) electrons. The molecule has 60 heavy (non-hydrogen) atoms. The number of carbonyl (C=O) groups excluding carboxylic acids is 4. The summed E-state index contributed by atoms with van der Waals surface area (Å²) in [5.41, 5.74) is 6.13. The highest BCUT2D eigenvalue weighted by atomic mass is 32.1. The van der Waals surface area contributed by atoms with Crippen LogP contribution in [0.2, 0.25) is 0 Å². The predicted molar refractivity (Wildman–Crippen MR) is 226 cm³/mol. The van der Waals surface area contributed by atoms with Crippen molar-refractivity contribution < 1.29 is 28.7 Å². The van der Waals surface area contributed by atoms with E-state index in [0.717, 1.165) is 69.0 Å². The smallest absolute Gasteiger partial charge is 0.407 e. The molecule has 0 aliphatic carbocycles. The molecule has 3 aromatic carbocycles. The summed E-state index contributed by atoms with van der Waals surface area (Å²) in [5.74, 6) is 0.928. The molecule has 2 saturated heterocycles. The van der Waals surface area contributed by atoms with Crippen molar-refractivity contribution in [3.05, 3.63) is 102 Å². The topological polar surface area (TPSA) is 188 Å².